The molecule has 1 aliphatic rings. The van der Waals surface area contributed by atoms with E-state index in [1.165, 1.54) is 37.8 Å². The number of unbranched alkanes of at least 4 members (excludes halogenated alkanes) is 4. The zero-order valence-corrected chi connectivity index (χ0v) is 17.5. The molecule has 0 amide bonds. The molecule has 0 aromatic heterocycles. The zero-order chi connectivity index (χ0) is 20.2. The molecule has 0 saturated heterocycles. The molecule has 0 N–H and O–H groups in total. The second-order valence-electron chi connectivity index (χ2n) is 7.91. The molecule has 28 heavy (non-hydrogen) atoms. The minimum absolute atomic E-state index is 0.0155. The van der Waals surface area contributed by atoms with Crippen LogP contribution in [0.1, 0.15) is 78.1 Å². The summed E-state index contributed by atoms with van der Waals surface area (Å²) in [4.78, 5) is 0. The first-order valence-corrected chi connectivity index (χ1v) is 11.1. The number of ether oxygens (including phenoxy) is 2. The third-order valence-electron chi connectivity index (χ3n) is 5.52. The fourth-order valence-corrected chi connectivity index (χ4v) is 3.62. The monoisotopic (exact) mass is 394 g/mol. The molecule has 1 aliphatic carbocycles. The van der Waals surface area contributed by atoms with Crippen LogP contribution in [-0.4, -0.2) is 13.2 Å². The average Bonchev–Trinajstić information content (AvgIpc) is 2.71. The van der Waals surface area contributed by atoms with Crippen molar-refractivity contribution in [2.24, 2.45) is 11.8 Å². The molecule has 0 spiro atoms. The van der Waals surface area contributed by atoms with Crippen molar-refractivity contribution in [1.29, 1.82) is 0 Å². The van der Waals surface area contributed by atoms with Crippen molar-refractivity contribution in [2.45, 2.75) is 78.1 Å². The van der Waals surface area contributed by atoms with E-state index in [9.17, 15) is 8.78 Å². The van der Waals surface area contributed by atoms with E-state index in [-0.39, 0.29) is 11.5 Å². The Morgan fingerprint density at radius 3 is 2.18 bits per heavy atom. The van der Waals surface area contributed by atoms with Crippen LogP contribution in [0, 0.1) is 23.5 Å². The minimum atomic E-state index is -0.953. The average molecular weight is 395 g/mol. The molecule has 0 unspecified atom stereocenters. The van der Waals surface area contributed by atoms with Crippen molar-refractivity contribution in [3.63, 3.8) is 0 Å². The van der Waals surface area contributed by atoms with Crippen molar-refractivity contribution >= 4 is 0 Å². The zero-order valence-electron chi connectivity index (χ0n) is 17.5. The van der Waals surface area contributed by atoms with Crippen molar-refractivity contribution in [1.82, 2.24) is 0 Å². The Morgan fingerprint density at radius 2 is 1.54 bits per heavy atom. The van der Waals surface area contributed by atoms with Gasteiger partial charge in [-0.05, 0) is 68.9 Å². The highest BCUT2D eigenvalue weighted by Crippen LogP contribution is 2.32. The summed E-state index contributed by atoms with van der Waals surface area (Å²) in [6.45, 7) is 5.08. The molecule has 2 rings (SSSR count). The quantitative estimate of drug-likeness (QED) is 0.270. The fourth-order valence-electron chi connectivity index (χ4n) is 3.62. The number of allylic oxidation sites excluding steroid dienone is 2. The summed E-state index contributed by atoms with van der Waals surface area (Å²) < 4.78 is 39.2. The van der Waals surface area contributed by atoms with E-state index < -0.39 is 11.6 Å². The summed E-state index contributed by atoms with van der Waals surface area (Å²) in [5, 5.41) is 0. The molecular formula is C24H36F2O2. The van der Waals surface area contributed by atoms with E-state index in [4.69, 9.17) is 9.47 Å². The Hall–Kier alpha value is -1.58. The summed E-state index contributed by atoms with van der Waals surface area (Å²) in [7, 11) is 0. The van der Waals surface area contributed by atoms with Crippen molar-refractivity contribution in [2.75, 3.05) is 13.2 Å². The standard InChI is InChI=1S/C24H36F2O2/c1-3-5-7-8-9-10-19-11-13-20(14-12-19)18-28-22-16-15-21(23(25)24(22)26)27-17-6-4-2/h9-10,15-16,19-20H,3-8,11-14,17-18H2,1-2H3/b10-9+. The molecular weight excluding hydrogens is 358 g/mol. The number of benzene rings is 1. The van der Waals surface area contributed by atoms with E-state index in [2.05, 4.69) is 19.1 Å². The van der Waals surface area contributed by atoms with Crippen LogP contribution in [0.5, 0.6) is 11.5 Å². The Balaban J connectivity index is 1.74. The molecule has 2 nitrogen and oxygen atoms in total. The first-order chi connectivity index (χ1) is 13.7. The summed E-state index contributed by atoms with van der Waals surface area (Å²) in [6, 6.07) is 2.94. The molecule has 0 bridgehead atoms. The van der Waals surface area contributed by atoms with E-state index in [1.807, 2.05) is 6.92 Å². The van der Waals surface area contributed by atoms with Gasteiger partial charge in [0.2, 0.25) is 11.6 Å². The highest BCUT2D eigenvalue weighted by Gasteiger charge is 2.21. The van der Waals surface area contributed by atoms with E-state index >= 15 is 0 Å². The maximum Gasteiger partial charge on any atom is 0.204 e. The lowest BCUT2D eigenvalue weighted by molar-refractivity contribution is 0.186. The van der Waals surface area contributed by atoms with Crippen molar-refractivity contribution < 1.29 is 18.3 Å². The van der Waals surface area contributed by atoms with Gasteiger partial charge in [-0.25, -0.2) is 0 Å². The summed E-state index contributed by atoms with van der Waals surface area (Å²) in [5.41, 5.74) is 0. The largest absolute Gasteiger partial charge is 0.490 e. The van der Waals surface area contributed by atoms with E-state index in [0.717, 1.165) is 38.5 Å². The van der Waals surface area contributed by atoms with Crippen LogP contribution in [0.3, 0.4) is 0 Å². The van der Waals surface area contributed by atoms with Gasteiger partial charge in [0.1, 0.15) is 0 Å². The fraction of sp³-hybridized carbons (Fsp3) is 0.667. The van der Waals surface area contributed by atoms with Crippen LogP contribution in [0.15, 0.2) is 24.3 Å². The smallest absolute Gasteiger partial charge is 0.204 e. The number of hydrogen-bond acceptors (Lipinski definition) is 2. The first-order valence-electron chi connectivity index (χ1n) is 11.1. The molecule has 1 fully saturated rings. The summed E-state index contributed by atoms with van der Waals surface area (Å²) >= 11 is 0. The lowest BCUT2D eigenvalue weighted by Crippen LogP contribution is -2.19. The molecule has 0 radical (unpaired) electrons. The first kappa shape index (κ1) is 22.7. The van der Waals surface area contributed by atoms with E-state index in [0.29, 0.717) is 25.0 Å². The Bertz CT molecular complexity index is 593. The molecule has 1 aromatic carbocycles. The van der Waals surface area contributed by atoms with Gasteiger partial charge in [-0.1, -0.05) is 45.3 Å². The summed E-state index contributed by atoms with van der Waals surface area (Å²) in [5.74, 6) is -0.884. The SMILES string of the molecule is CCCCC/C=C/C1CCC(COc2ccc(OCCCC)c(F)c2F)CC1. The number of rotatable bonds is 12. The molecule has 0 aliphatic heterocycles. The second kappa shape index (κ2) is 12.8. The normalized spacial score (nSPS) is 19.9. The molecule has 4 heteroatoms. The Kier molecular flexibility index (Phi) is 10.4. The molecule has 1 aromatic rings. The Morgan fingerprint density at radius 1 is 0.893 bits per heavy atom. The number of halogens is 2. The Labute approximate surface area is 169 Å². The maximum atomic E-state index is 14.2. The van der Waals surface area contributed by atoms with Gasteiger partial charge in [0.25, 0.3) is 0 Å². The minimum Gasteiger partial charge on any atom is -0.490 e. The number of hydrogen-bond donors (Lipinski definition) is 0. The molecule has 158 valence electrons. The topological polar surface area (TPSA) is 18.5 Å². The molecule has 1 saturated carbocycles. The van der Waals surface area contributed by atoms with Gasteiger partial charge in [-0.2, -0.15) is 8.78 Å². The van der Waals surface area contributed by atoms with Gasteiger partial charge in [0.05, 0.1) is 13.2 Å². The third-order valence-corrected chi connectivity index (χ3v) is 5.52. The highest BCUT2D eigenvalue weighted by atomic mass is 19.2. The summed E-state index contributed by atoms with van der Waals surface area (Å²) in [6.07, 6.45) is 15.9. The lowest BCUT2D eigenvalue weighted by atomic mass is 9.82. The maximum absolute atomic E-state index is 14.2. The molecule has 0 heterocycles. The van der Waals surface area contributed by atoms with Crippen LogP contribution in [-0.2, 0) is 0 Å². The van der Waals surface area contributed by atoms with E-state index in [1.54, 1.807) is 0 Å². The molecule has 0 atom stereocenters. The van der Waals surface area contributed by atoms with Crippen LogP contribution in [0.25, 0.3) is 0 Å². The third kappa shape index (κ3) is 7.44. The van der Waals surface area contributed by atoms with Gasteiger partial charge < -0.3 is 9.47 Å². The lowest BCUT2D eigenvalue weighted by Gasteiger charge is -2.26. The van der Waals surface area contributed by atoms with Gasteiger partial charge >= 0.3 is 0 Å². The van der Waals surface area contributed by atoms with Crippen molar-refractivity contribution in [3.8, 4) is 11.5 Å². The second-order valence-corrected chi connectivity index (χ2v) is 7.91. The van der Waals surface area contributed by atoms with Gasteiger partial charge in [-0.15, -0.1) is 0 Å². The van der Waals surface area contributed by atoms with Gasteiger partial charge in [-0.3, -0.25) is 0 Å². The highest BCUT2D eigenvalue weighted by molar-refractivity contribution is 5.35. The van der Waals surface area contributed by atoms with Crippen LogP contribution in [0.2, 0.25) is 0 Å². The van der Waals surface area contributed by atoms with Crippen molar-refractivity contribution in [3.05, 3.63) is 35.9 Å². The predicted molar refractivity (Wildman–Crippen MR) is 111 cm³/mol. The van der Waals surface area contributed by atoms with Crippen LogP contribution < -0.4 is 9.47 Å². The van der Waals surface area contributed by atoms with Crippen LogP contribution in [0.4, 0.5) is 8.78 Å². The van der Waals surface area contributed by atoms with Crippen LogP contribution >= 0.6 is 0 Å². The predicted octanol–water partition coefficient (Wildman–Crippen LogP) is 7.47. The van der Waals surface area contributed by atoms with Gasteiger partial charge in [0, 0.05) is 0 Å². The van der Waals surface area contributed by atoms with Gasteiger partial charge in [0.15, 0.2) is 11.5 Å².